The highest BCUT2D eigenvalue weighted by molar-refractivity contribution is 6.10. The number of amides is 1. The molecule has 0 fully saturated rings. The Morgan fingerprint density at radius 1 is 1.03 bits per heavy atom. The molecule has 0 bridgehead atoms. The molecule has 0 saturated heterocycles. The lowest BCUT2D eigenvalue weighted by Crippen LogP contribution is -2.16. The van der Waals surface area contributed by atoms with Gasteiger partial charge in [0.1, 0.15) is 11.5 Å². The first-order chi connectivity index (χ1) is 18.2. The number of phenols is 1. The van der Waals surface area contributed by atoms with Crippen LogP contribution in [0.15, 0.2) is 41.5 Å². The van der Waals surface area contributed by atoms with Gasteiger partial charge in [0.05, 0.1) is 33.4 Å². The number of aromatic nitrogens is 3. The molecular formula is C25H31N7O6. The topological polar surface area (TPSA) is 175 Å². The first-order valence-corrected chi connectivity index (χ1v) is 11.7. The Bertz CT molecular complexity index is 1320. The Labute approximate surface area is 219 Å². The predicted octanol–water partition coefficient (Wildman–Crippen LogP) is 2.88. The molecule has 0 saturated carbocycles. The van der Waals surface area contributed by atoms with Crippen LogP contribution in [0.4, 0.5) is 11.6 Å². The minimum absolute atomic E-state index is 0.0516. The summed E-state index contributed by atoms with van der Waals surface area (Å²) in [6.45, 7) is 1.68. The number of nitrogens with zero attached hydrogens (tertiary/aromatic N) is 4. The standard InChI is InChI=1S/C25H31N7O6/c1-15-28-30-25(32(15)26)31-29-17(13-21(34)16-8-10-20(33)23(12-16)38-4)6-5-7-24(35)27-19-14-18(36-2)9-11-22(19)37-3/h8-12,14,33H,5-7,13,26H2,1-4H3,(H,27,35)(H,30,31)/b29-17-. The van der Waals surface area contributed by atoms with E-state index in [0.29, 0.717) is 47.1 Å². The molecular weight excluding hydrogens is 494 g/mol. The van der Waals surface area contributed by atoms with Gasteiger partial charge in [-0.1, -0.05) is 0 Å². The van der Waals surface area contributed by atoms with Crippen molar-refractivity contribution in [3.63, 3.8) is 0 Å². The van der Waals surface area contributed by atoms with E-state index in [-0.39, 0.29) is 42.0 Å². The predicted molar refractivity (Wildman–Crippen MR) is 142 cm³/mol. The van der Waals surface area contributed by atoms with E-state index in [9.17, 15) is 14.7 Å². The molecule has 0 aliphatic carbocycles. The lowest BCUT2D eigenvalue weighted by Gasteiger charge is -2.12. The van der Waals surface area contributed by atoms with Crippen molar-refractivity contribution < 1.29 is 28.9 Å². The first-order valence-electron chi connectivity index (χ1n) is 11.7. The van der Waals surface area contributed by atoms with Crippen LogP contribution in [0.3, 0.4) is 0 Å². The largest absolute Gasteiger partial charge is 0.504 e. The molecule has 0 radical (unpaired) electrons. The molecule has 0 unspecified atom stereocenters. The van der Waals surface area contributed by atoms with E-state index in [1.807, 2.05) is 0 Å². The molecule has 13 nitrogen and oxygen atoms in total. The van der Waals surface area contributed by atoms with Crippen LogP contribution in [0.5, 0.6) is 23.0 Å². The molecule has 13 heteroatoms. The van der Waals surface area contributed by atoms with Crippen LogP contribution in [0.2, 0.25) is 0 Å². The highest BCUT2D eigenvalue weighted by atomic mass is 16.5. The number of methoxy groups -OCH3 is 3. The summed E-state index contributed by atoms with van der Waals surface area (Å²) in [5, 5.41) is 24.7. The maximum absolute atomic E-state index is 13.0. The monoisotopic (exact) mass is 525 g/mol. The number of carbonyl (C=O) groups is 2. The Balaban J connectivity index is 1.69. The molecule has 1 amide bonds. The number of carbonyl (C=O) groups excluding carboxylic acids is 2. The average molecular weight is 526 g/mol. The second-order valence-electron chi connectivity index (χ2n) is 8.19. The summed E-state index contributed by atoms with van der Waals surface area (Å²) in [6.07, 6.45) is 0.838. The van der Waals surface area contributed by atoms with Crippen LogP contribution >= 0.6 is 0 Å². The van der Waals surface area contributed by atoms with E-state index in [1.165, 1.54) is 44.2 Å². The molecule has 202 valence electrons. The number of Topliss-reactive ketones (excluding diaryl/α,β-unsaturated/α-hetero) is 1. The summed E-state index contributed by atoms with van der Waals surface area (Å²) in [5.74, 6) is 7.24. The number of nitrogens with two attached hydrogens (primary N) is 1. The van der Waals surface area contributed by atoms with Crippen LogP contribution in [0, 0.1) is 6.92 Å². The van der Waals surface area contributed by atoms with E-state index >= 15 is 0 Å². The van der Waals surface area contributed by atoms with Gasteiger partial charge >= 0.3 is 0 Å². The number of aromatic hydroxyl groups is 1. The molecule has 0 atom stereocenters. The number of anilines is 2. The van der Waals surface area contributed by atoms with Crippen molar-refractivity contribution in [2.75, 3.05) is 37.9 Å². The number of aryl methyl sites for hydroxylation is 1. The van der Waals surface area contributed by atoms with Gasteiger partial charge < -0.3 is 30.5 Å². The van der Waals surface area contributed by atoms with Gasteiger partial charge in [0, 0.05) is 23.8 Å². The molecule has 2 aromatic carbocycles. The lowest BCUT2D eigenvalue weighted by molar-refractivity contribution is -0.116. The van der Waals surface area contributed by atoms with Crippen molar-refractivity contribution in [3.05, 3.63) is 47.8 Å². The third kappa shape index (κ3) is 7.12. The number of rotatable bonds is 13. The fourth-order valence-corrected chi connectivity index (χ4v) is 3.47. The van der Waals surface area contributed by atoms with Crippen molar-refractivity contribution in [1.82, 2.24) is 14.9 Å². The Kier molecular flexibility index (Phi) is 9.46. The Morgan fingerprint density at radius 2 is 1.79 bits per heavy atom. The SMILES string of the molecule is COc1ccc(OC)c(NC(=O)CCC/C(CC(=O)c2ccc(O)c(OC)c2)=N/Nc2nnc(C)n2N)c1. The highest BCUT2D eigenvalue weighted by Crippen LogP contribution is 2.29. The molecule has 0 aliphatic rings. The third-order valence-electron chi connectivity index (χ3n) is 5.60. The van der Waals surface area contributed by atoms with Gasteiger partial charge in [-0.15, -0.1) is 10.2 Å². The van der Waals surface area contributed by atoms with Crippen LogP contribution in [-0.2, 0) is 4.79 Å². The fraction of sp³-hybridized carbons (Fsp3) is 0.320. The summed E-state index contributed by atoms with van der Waals surface area (Å²) in [5.41, 5.74) is 4.03. The van der Waals surface area contributed by atoms with E-state index in [4.69, 9.17) is 20.1 Å². The van der Waals surface area contributed by atoms with Gasteiger partial charge in [0.2, 0.25) is 5.91 Å². The Morgan fingerprint density at radius 3 is 2.45 bits per heavy atom. The minimum Gasteiger partial charge on any atom is -0.504 e. The quantitative estimate of drug-likeness (QED) is 0.112. The summed E-state index contributed by atoms with van der Waals surface area (Å²) < 4.78 is 16.8. The maximum atomic E-state index is 13.0. The van der Waals surface area contributed by atoms with Crippen molar-refractivity contribution in [3.8, 4) is 23.0 Å². The van der Waals surface area contributed by atoms with Crippen LogP contribution in [0.25, 0.3) is 0 Å². The van der Waals surface area contributed by atoms with E-state index in [2.05, 4.69) is 26.0 Å². The summed E-state index contributed by atoms with van der Waals surface area (Å²) in [7, 11) is 4.45. The molecule has 3 aromatic rings. The van der Waals surface area contributed by atoms with Gasteiger partial charge in [-0.2, -0.15) is 5.10 Å². The smallest absolute Gasteiger partial charge is 0.263 e. The number of hydrazone groups is 1. The molecule has 1 heterocycles. The maximum Gasteiger partial charge on any atom is 0.263 e. The van der Waals surface area contributed by atoms with Crippen molar-refractivity contribution in [1.29, 1.82) is 0 Å². The van der Waals surface area contributed by atoms with Crippen molar-refractivity contribution in [2.24, 2.45) is 5.10 Å². The lowest BCUT2D eigenvalue weighted by atomic mass is 10.0. The van der Waals surface area contributed by atoms with Crippen LogP contribution in [-0.4, -0.2) is 58.7 Å². The summed E-state index contributed by atoms with van der Waals surface area (Å²) in [6, 6.07) is 9.44. The first kappa shape index (κ1) is 27.8. The van der Waals surface area contributed by atoms with Gasteiger partial charge in [0.15, 0.2) is 23.1 Å². The number of hydrogen-bond acceptors (Lipinski definition) is 11. The van der Waals surface area contributed by atoms with Crippen molar-refractivity contribution >= 4 is 29.0 Å². The second kappa shape index (κ2) is 12.9. The molecule has 38 heavy (non-hydrogen) atoms. The van der Waals surface area contributed by atoms with Crippen molar-refractivity contribution in [2.45, 2.75) is 32.6 Å². The zero-order valence-electron chi connectivity index (χ0n) is 21.6. The van der Waals surface area contributed by atoms with E-state index in [0.717, 1.165) is 0 Å². The van der Waals surface area contributed by atoms with Crippen LogP contribution < -0.4 is 30.8 Å². The Hall–Kier alpha value is -4.81. The van der Waals surface area contributed by atoms with Gasteiger partial charge in [-0.3, -0.25) is 9.59 Å². The molecule has 1 aromatic heterocycles. The molecule has 3 rings (SSSR count). The number of nitrogen functional groups attached to an aromatic ring is 1. The minimum atomic E-state index is -0.250. The average Bonchev–Trinajstić information content (AvgIpc) is 3.24. The molecule has 0 aliphatic heterocycles. The van der Waals surface area contributed by atoms with Gasteiger partial charge in [-0.05, 0) is 50.1 Å². The number of benzene rings is 2. The highest BCUT2D eigenvalue weighted by Gasteiger charge is 2.15. The normalized spacial score (nSPS) is 11.1. The molecule has 0 spiro atoms. The third-order valence-corrected chi connectivity index (χ3v) is 5.60. The second-order valence-corrected chi connectivity index (χ2v) is 8.19. The fourth-order valence-electron chi connectivity index (χ4n) is 3.47. The number of nitrogens with one attached hydrogen (secondary N) is 2. The van der Waals surface area contributed by atoms with E-state index in [1.54, 1.807) is 25.1 Å². The summed E-state index contributed by atoms with van der Waals surface area (Å²) >= 11 is 0. The number of hydrogen-bond donors (Lipinski definition) is 4. The zero-order valence-corrected chi connectivity index (χ0v) is 21.6. The van der Waals surface area contributed by atoms with Crippen LogP contribution in [0.1, 0.15) is 41.9 Å². The molecule has 5 N–H and O–H groups in total. The summed E-state index contributed by atoms with van der Waals surface area (Å²) in [4.78, 5) is 25.6. The number of phenolic OH excluding ortho intramolecular Hbond substituents is 1. The van der Waals surface area contributed by atoms with Gasteiger partial charge in [-0.25, -0.2) is 10.1 Å². The zero-order chi connectivity index (χ0) is 27.7. The number of ketones is 1. The van der Waals surface area contributed by atoms with Gasteiger partial charge in [0.25, 0.3) is 5.95 Å². The number of ether oxygens (including phenoxy) is 3. The van der Waals surface area contributed by atoms with E-state index < -0.39 is 0 Å².